The van der Waals surface area contributed by atoms with Crippen molar-refractivity contribution < 1.29 is 18.4 Å². The fraction of sp³-hybridized carbons (Fsp3) is 0.545. The molecule has 2 amide bonds. The molecule has 1 aliphatic carbocycles. The van der Waals surface area contributed by atoms with Gasteiger partial charge in [-0.25, -0.2) is 8.78 Å². The van der Waals surface area contributed by atoms with Crippen molar-refractivity contribution in [2.75, 3.05) is 19.6 Å². The number of piperidine rings is 1. The monoisotopic (exact) mass is 388 g/mol. The first-order chi connectivity index (χ1) is 13.5. The second-order valence-electron chi connectivity index (χ2n) is 8.48. The zero-order chi connectivity index (χ0) is 19.7. The molecule has 4 nitrogen and oxygen atoms in total. The van der Waals surface area contributed by atoms with E-state index < -0.39 is 11.6 Å². The van der Waals surface area contributed by atoms with Crippen molar-refractivity contribution in [3.8, 4) is 0 Å². The first kappa shape index (κ1) is 19.1. The third-order valence-electron chi connectivity index (χ3n) is 6.52. The minimum atomic E-state index is -0.886. The molecule has 0 radical (unpaired) electrons. The molecule has 1 aromatic carbocycles. The van der Waals surface area contributed by atoms with Crippen LogP contribution in [0.3, 0.4) is 0 Å². The number of benzene rings is 1. The lowest BCUT2D eigenvalue weighted by molar-refractivity contribution is -0.138. The predicted molar refractivity (Wildman–Crippen MR) is 101 cm³/mol. The fourth-order valence-electron chi connectivity index (χ4n) is 4.80. The van der Waals surface area contributed by atoms with E-state index in [0.717, 1.165) is 44.2 Å². The Bertz CT molecular complexity index is 800. The minimum Gasteiger partial charge on any atom is -0.342 e. The summed E-state index contributed by atoms with van der Waals surface area (Å²) in [5, 5.41) is 0. The Hall–Kier alpha value is -2.24. The van der Waals surface area contributed by atoms with Crippen LogP contribution in [0.1, 0.15) is 44.1 Å². The van der Waals surface area contributed by atoms with Crippen LogP contribution < -0.4 is 0 Å². The molecule has 2 fully saturated rings. The predicted octanol–water partition coefficient (Wildman–Crippen LogP) is 3.66. The van der Waals surface area contributed by atoms with Crippen molar-refractivity contribution in [1.29, 1.82) is 0 Å². The number of hydrogen-bond donors (Lipinski definition) is 0. The van der Waals surface area contributed by atoms with Gasteiger partial charge in [-0.3, -0.25) is 9.59 Å². The molecule has 3 aliphatic rings. The van der Waals surface area contributed by atoms with Crippen molar-refractivity contribution in [3.63, 3.8) is 0 Å². The summed E-state index contributed by atoms with van der Waals surface area (Å²) in [4.78, 5) is 29.0. The van der Waals surface area contributed by atoms with Crippen LogP contribution >= 0.6 is 0 Å². The summed E-state index contributed by atoms with van der Waals surface area (Å²) < 4.78 is 26.6. The van der Waals surface area contributed by atoms with E-state index in [2.05, 4.69) is 12.2 Å². The van der Waals surface area contributed by atoms with Gasteiger partial charge in [0.05, 0.1) is 0 Å². The first-order valence-corrected chi connectivity index (χ1v) is 10.1. The SMILES string of the molecule is O=C1CC2(CCN(C(=O)C3CC=CCC3)CC2)CN1Cc1ccc(F)c(F)c1. The molecule has 2 saturated heterocycles. The molecular formula is C22H26F2N2O2. The Morgan fingerprint density at radius 3 is 2.61 bits per heavy atom. The molecule has 150 valence electrons. The Morgan fingerprint density at radius 1 is 1.14 bits per heavy atom. The first-order valence-electron chi connectivity index (χ1n) is 10.1. The van der Waals surface area contributed by atoms with Gasteiger partial charge >= 0.3 is 0 Å². The van der Waals surface area contributed by atoms with Gasteiger partial charge in [0.1, 0.15) is 0 Å². The Morgan fingerprint density at radius 2 is 1.93 bits per heavy atom. The number of hydrogen-bond acceptors (Lipinski definition) is 2. The number of halogens is 2. The summed E-state index contributed by atoms with van der Waals surface area (Å²) in [6, 6.07) is 3.79. The van der Waals surface area contributed by atoms with E-state index >= 15 is 0 Å². The van der Waals surface area contributed by atoms with E-state index in [1.807, 2.05) is 4.90 Å². The number of amides is 2. The zero-order valence-electron chi connectivity index (χ0n) is 16.0. The van der Waals surface area contributed by atoms with Crippen molar-refractivity contribution in [2.45, 2.75) is 45.1 Å². The number of likely N-dealkylation sites (tertiary alicyclic amines) is 2. The maximum atomic E-state index is 13.5. The van der Waals surface area contributed by atoms with Crippen LogP contribution in [-0.2, 0) is 16.1 Å². The number of allylic oxidation sites excluding steroid dienone is 2. The van der Waals surface area contributed by atoms with Gasteiger partial charge in [-0.1, -0.05) is 18.2 Å². The van der Waals surface area contributed by atoms with Crippen LogP contribution in [0.4, 0.5) is 8.78 Å². The zero-order valence-corrected chi connectivity index (χ0v) is 16.0. The highest BCUT2D eigenvalue weighted by atomic mass is 19.2. The number of nitrogens with zero attached hydrogens (tertiary/aromatic N) is 2. The summed E-state index contributed by atoms with van der Waals surface area (Å²) in [6.45, 7) is 2.32. The van der Waals surface area contributed by atoms with Gasteiger partial charge in [-0.05, 0) is 49.8 Å². The molecule has 0 bridgehead atoms. The molecule has 0 N–H and O–H groups in total. The highest BCUT2D eigenvalue weighted by molar-refractivity contribution is 5.81. The van der Waals surface area contributed by atoms with Crippen LogP contribution in [-0.4, -0.2) is 41.2 Å². The molecular weight excluding hydrogens is 362 g/mol. The molecule has 2 heterocycles. The summed E-state index contributed by atoms with van der Waals surface area (Å²) in [5.74, 6) is -1.35. The lowest BCUT2D eigenvalue weighted by Crippen LogP contribution is -2.46. The third kappa shape index (κ3) is 3.82. The molecule has 28 heavy (non-hydrogen) atoms. The van der Waals surface area contributed by atoms with Crippen LogP contribution in [0.5, 0.6) is 0 Å². The molecule has 2 aliphatic heterocycles. The molecule has 0 aromatic heterocycles. The highest BCUT2D eigenvalue weighted by Crippen LogP contribution is 2.42. The summed E-state index contributed by atoms with van der Waals surface area (Å²) in [5.41, 5.74) is 0.501. The molecule has 1 unspecified atom stereocenters. The number of carbonyl (C=O) groups is 2. The van der Waals surface area contributed by atoms with Crippen LogP contribution in [0, 0.1) is 23.0 Å². The van der Waals surface area contributed by atoms with Gasteiger partial charge in [0.15, 0.2) is 11.6 Å². The van der Waals surface area contributed by atoms with E-state index in [0.29, 0.717) is 38.2 Å². The van der Waals surface area contributed by atoms with Crippen molar-refractivity contribution in [1.82, 2.24) is 9.80 Å². The van der Waals surface area contributed by atoms with E-state index in [-0.39, 0.29) is 23.1 Å². The second kappa shape index (κ2) is 7.64. The summed E-state index contributed by atoms with van der Waals surface area (Å²) >= 11 is 0. The normalized spacial score (nSPS) is 24.2. The van der Waals surface area contributed by atoms with Gasteiger partial charge in [0.2, 0.25) is 11.8 Å². The number of rotatable bonds is 3. The summed E-state index contributed by atoms with van der Waals surface area (Å²) in [7, 11) is 0. The van der Waals surface area contributed by atoms with Crippen LogP contribution in [0.25, 0.3) is 0 Å². The minimum absolute atomic E-state index is 0.0573. The second-order valence-corrected chi connectivity index (χ2v) is 8.48. The number of carbonyl (C=O) groups excluding carboxylic acids is 2. The molecule has 0 saturated carbocycles. The lowest BCUT2D eigenvalue weighted by atomic mass is 9.77. The van der Waals surface area contributed by atoms with E-state index in [1.54, 1.807) is 4.90 Å². The van der Waals surface area contributed by atoms with Crippen LogP contribution in [0.2, 0.25) is 0 Å². The average Bonchev–Trinajstić information content (AvgIpc) is 3.00. The van der Waals surface area contributed by atoms with Gasteiger partial charge < -0.3 is 9.80 Å². The average molecular weight is 388 g/mol. The topological polar surface area (TPSA) is 40.6 Å². The standard InChI is InChI=1S/C22H26F2N2O2/c23-18-7-6-16(12-19(18)24)14-26-15-22(13-20(26)27)8-10-25(11-9-22)21(28)17-4-2-1-3-5-17/h1-2,6-7,12,17H,3-5,8-11,13-15H2. The van der Waals surface area contributed by atoms with E-state index in [4.69, 9.17) is 0 Å². The molecule has 1 aromatic rings. The van der Waals surface area contributed by atoms with Gasteiger partial charge in [0, 0.05) is 43.9 Å². The fourth-order valence-corrected chi connectivity index (χ4v) is 4.80. The Balaban J connectivity index is 1.35. The van der Waals surface area contributed by atoms with Gasteiger partial charge in [-0.2, -0.15) is 0 Å². The lowest BCUT2D eigenvalue weighted by Gasteiger charge is -2.40. The maximum absolute atomic E-state index is 13.5. The molecule has 4 rings (SSSR count). The van der Waals surface area contributed by atoms with Crippen LogP contribution in [0.15, 0.2) is 30.4 Å². The molecule has 1 atom stereocenters. The smallest absolute Gasteiger partial charge is 0.226 e. The Labute approximate surface area is 164 Å². The van der Waals surface area contributed by atoms with Crippen molar-refractivity contribution in [2.24, 2.45) is 11.3 Å². The highest BCUT2D eigenvalue weighted by Gasteiger charge is 2.45. The quantitative estimate of drug-likeness (QED) is 0.742. The summed E-state index contributed by atoms with van der Waals surface area (Å²) in [6.07, 6.45) is 9.09. The molecule has 6 heteroatoms. The van der Waals surface area contributed by atoms with Gasteiger partial charge in [-0.15, -0.1) is 0 Å². The van der Waals surface area contributed by atoms with Gasteiger partial charge in [0.25, 0.3) is 0 Å². The van der Waals surface area contributed by atoms with E-state index in [9.17, 15) is 18.4 Å². The van der Waals surface area contributed by atoms with Crippen molar-refractivity contribution in [3.05, 3.63) is 47.5 Å². The third-order valence-corrected chi connectivity index (χ3v) is 6.52. The molecule has 1 spiro atoms. The largest absolute Gasteiger partial charge is 0.342 e. The maximum Gasteiger partial charge on any atom is 0.226 e. The van der Waals surface area contributed by atoms with Crippen molar-refractivity contribution >= 4 is 11.8 Å². The van der Waals surface area contributed by atoms with E-state index in [1.165, 1.54) is 6.07 Å². The Kier molecular flexibility index (Phi) is 5.21.